The maximum Gasteiger partial charge on any atom is 0.270 e. The monoisotopic (exact) mass is 342 g/mol. The van der Waals surface area contributed by atoms with Crippen molar-refractivity contribution in [2.24, 2.45) is 13.0 Å². The molecule has 2 aromatic rings. The quantitative estimate of drug-likeness (QED) is 0.810. The third-order valence-corrected chi connectivity index (χ3v) is 5.24. The van der Waals surface area contributed by atoms with Gasteiger partial charge >= 0.3 is 0 Å². The van der Waals surface area contributed by atoms with Crippen LogP contribution in [-0.2, 0) is 24.9 Å². The second-order valence-corrected chi connectivity index (χ2v) is 7.25. The number of hydrogen-bond acceptors (Lipinski definition) is 3. The van der Waals surface area contributed by atoms with Crippen LogP contribution in [-0.4, -0.2) is 44.9 Å². The highest BCUT2D eigenvalue weighted by Gasteiger charge is 2.32. The van der Waals surface area contributed by atoms with Gasteiger partial charge in [0.25, 0.3) is 5.91 Å². The fraction of sp³-hybridized carbons (Fsp3) is 0.579. The Hall–Kier alpha value is -2.08. The lowest BCUT2D eigenvalue weighted by atomic mass is 9.95. The van der Waals surface area contributed by atoms with E-state index in [0.717, 1.165) is 30.5 Å². The van der Waals surface area contributed by atoms with Crippen LogP contribution in [0.5, 0.6) is 0 Å². The molecule has 134 valence electrons. The summed E-state index contributed by atoms with van der Waals surface area (Å²) in [5.41, 5.74) is 2.97. The molecule has 6 heteroatoms. The predicted molar refractivity (Wildman–Crippen MR) is 94.3 cm³/mol. The highest BCUT2D eigenvalue weighted by Crippen LogP contribution is 2.32. The van der Waals surface area contributed by atoms with Crippen LogP contribution in [0.15, 0.2) is 24.5 Å². The number of nitrogens with zero attached hydrogens (tertiary/aromatic N) is 4. The first-order valence-electron chi connectivity index (χ1n) is 9.20. The number of ether oxygens (including phenoxy) is 1. The molecule has 25 heavy (non-hydrogen) atoms. The van der Waals surface area contributed by atoms with Crippen molar-refractivity contribution in [2.75, 3.05) is 19.8 Å². The first-order chi connectivity index (χ1) is 12.2. The zero-order valence-corrected chi connectivity index (χ0v) is 15.0. The molecule has 2 aliphatic rings. The van der Waals surface area contributed by atoms with E-state index in [2.05, 4.69) is 18.2 Å². The molecule has 4 rings (SSSR count). The van der Waals surface area contributed by atoms with Crippen LogP contribution >= 0.6 is 0 Å². The molecule has 0 N–H and O–H groups in total. The van der Waals surface area contributed by atoms with Crippen molar-refractivity contribution in [1.82, 2.24) is 19.2 Å². The van der Waals surface area contributed by atoms with E-state index >= 15 is 0 Å². The molecule has 1 amide bonds. The summed E-state index contributed by atoms with van der Waals surface area (Å²) in [4.78, 5) is 14.8. The van der Waals surface area contributed by atoms with Crippen LogP contribution in [0.25, 0.3) is 0 Å². The lowest BCUT2D eigenvalue weighted by Crippen LogP contribution is -2.40. The van der Waals surface area contributed by atoms with Gasteiger partial charge in [-0.05, 0) is 37.8 Å². The van der Waals surface area contributed by atoms with E-state index in [0.29, 0.717) is 19.7 Å². The number of amides is 1. The van der Waals surface area contributed by atoms with E-state index in [1.807, 2.05) is 39.5 Å². The van der Waals surface area contributed by atoms with Gasteiger partial charge in [0.2, 0.25) is 0 Å². The van der Waals surface area contributed by atoms with E-state index in [-0.39, 0.29) is 11.8 Å². The minimum absolute atomic E-state index is 0.0661. The summed E-state index contributed by atoms with van der Waals surface area (Å²) in [5.74, 6) is 1.02. The Morgan fingerprint density at radius 2 is 2.20 bits per heavy atom. The van der Waals surface area contributed by atoms with Crippen molar-refractivity contribution in [1.29, 1.82) is 0 Å². The minimum atomic E-state index is 0.0661. The second-order valence-electron chi connectivity index (χ2n) is 7.25. The largest absolute Gasteiger partial charge is 0.380 e. The van der Waals surface area contributed by atoms with E-state index < -0.39 is 0 Å². The molecular weight excluding hydrogens is 316 g/mol. The van der Waals surface area contributed by atoms with E-state index in [4.69, 9.17) is 4.74 Å². The average molecular weight is 342 g/mol. The summed E-state index contributed by atoms with van der Waals surface area (Å²) in [6.07, 6.45) is 6.62. The first-order valence-corrected chi connectivity index (χ1v) is 9.20. The molecule has 1 aliphatic carbocycles. The molecule has 6 nitrogen and oxygen atoms in total. The smallest absolute Gasteiger partial charge is 0.270 e. The highest BCUT2D eigenvalue weighted by molar-refractivity contribution is 5.92. The lowest BCUT2D eigenvalue weighted by Gasteiger charge is -2.32. The fourth-order valence-corrected chi connectivity index (χ4v) is 3.52. The van der Waals surface area contributed by atoms with Gasteiger partial charge in [-0.15, -0.1) is 0 Å². The Bertz CT molecular complexity index is 759. The van der Waals surface area contributed by atoms with Crippen LogP contribution in [0.2, 0.25) is 0 Å². The normalized spacial score (nSPS) is 19.9. The number of hydrogen-bond donors (Lipinski definition) is 0. The van der Waals surface area contributed by atoms with Gasteiger partial charge in [-0.3, -0.25) is 9.48 Å². The first kappa shape index (κ1) is 16.4. The highest BCUT2D eigenvalue weighted by atomic mass is 16.5. The Morgan fingerprint density at radius 3 is 2.88 bits per heavy atom. The van der Waals surface area contributed by atoms with Crippen LogP contribution < -0.4 is 0 Å². The molecule has 1 aliphatic heterocycles. The van der Waals surface area contributed by atoms with Gasteiger partial charge in [-0.1, -0.05) is 0 Å². The number of carbonyl (C=O) groups is 1. The van der Waals surface area contributed by atoms with Crippen LogP contribution in [0.4, 0.5) is 0 Å². The predicted octanol–water partition coefficient (Wildman–Crippen LogP) is 2.41. The van der Waals surface area contributed by atoms with Gasteiger partial charge < -0.3 is 14.2 Å². The maximum absolute atomic E-state index is 12.9. The average Bonchev–Trinajstić information content (AvgIpc) is 3.17. The summed E-state index contributed by atoms with van der Waals surface area (Å²) in [7, 11) is 1.91. The molecular formula is C19H26N4O2. The van der Waals surface area contributed by atoms with Gasteiger partial charge in [0.05, 0.1) is 18.8 Å². The summed E-state index contributed by atoms with van der Waals surface area (Å²) in [6.45, 7) is 5.70. The van der Waals surface area contributed by atoms with Crippen molar-refractivity contribution in [3.8, 4) is 0 Å². The van der Waals surface area contributed by atoms with Gasteiger partial charge in [-0.25, -0.2) is 0 Å². The summed E-state index contributed by atoms with van der Waals surface area (Å²) >= 11 is 0. The van der Waals surface area contributed by atoms with E-state index in [9.17, 15) is 4.79 Å². The lowest BCUT2D eigenvalue weighted by molar-refractivity contribution is 0.0618. The molecule has 0 spiro atoms. The number of aromatic nitrogens is 3. The van der Waals surface area contributed by atoms with Gasteiger partial charge in [0.15, 0.2) is 0 Å². The van der Waals surface area contributed by atoms with Gasteiger partial charge in [-0.2, -0.15) is 5.10 Å². The molecule has 0 radical (unpaired) electrons. The third-order valence-electron chi connectivity index (χ3n) is 5.24. The number of aryl methyl sites for hydroxylation is 2. The fourth-order valence-electron chi connectivity index (χ4n) is 3.52. The van der Waals surface area contributed by atoms with Crippen LogP contribution in [0.1, 0.15) is 47.4 Å². The van der Waals surface area contributed by atoms with Crippen LogP contribution in [0, 0.1) is 5.92 Å². The van der Waals surface area contributed by atoms with Crippen molar-refractivity contribution < 1.29 is 9.53 Å². The summed E-state index contributed by atoms with van der Waals surface area (Å²) in [5, 5.41) is 4.67. The zero-order valence-electron chi connectivity index (χ0n) is 15.0. The van der Waals surface area contributed by atoms with E-state index in [1.165, 1.54) is 18.4 Å². The molecule has 0 aromatic carbocycles. The number of carbonyl (C=O) groups excluding carboxylic acids is 1. The summed E-state index contributed by atoms with van der Waals surface area (Å²) < 4.78 is 9.80. The minimum Gasteiger partial charge on any atom is -0.380 e. The molecule has 1 saturated carbocycles. The Labute approximate surface area is 148 Å². The molecule has 1 fully saturated rings. The second kappa shape index (κ2) is 6.67. The Morgan fingerprint density at radius 1 is 1.36 bits per heavy atom. The van der Waals surface area contributed by atoms with Gasteiger partial charge in [0.1, 0.15) is 5.69 Å². The maximum atomic E-state index is 12.9. The third kappa shape index (κ3) is 3.35. The number of fused-ring (bicyclic) bond motifs is 1. The molecule has 2 aromatic heterocycles. The zero-order chi connectivity index (χ0) is 17.4. The molecule has 1 atom stereocenters. The molecule has 0 bridgehead atoms. The molecule has 0 unspecified atom stereocenters. The van der Waals surface area contributed by atoms with Crippen molar-refractivity contribution in [3.63, 3.8) is 0 Å². The molecule has 0 saturated heterocycles. The van der Waals surface area contributed by atoms with E-state index in [1.54, 1.807) is 0 Å². The van der Waals surface area contributed by atoms with Crippen LogP contribution in [0.3, 0.4) is 0 Å². The Balaban J connectivity index is 1.53. The standard InChI is InChI=1S/C19H26N4O2/c1-3-23-10-16-15(13-25-12-14-6-7-14)9-22(11-17(16)20-23)19(24)18-5-4-8-21(18)2/h4-5,8,10,14-15H,3,6-7,9,11-13H2,1-2H3/t15-/m1/s1. The SMILES string of the molecule is CCn1cc2c(n1)CN(C(=O)c1cccn1C)C[C@@H]2COCC1CC1. The molecule has 3 heterocycles. The van der Waals surface area contributed by atoms with Crippen molar-refractivity contribution in [3.05, 3.63) is 41.5 Å². The Kier molecular flexibility index (Phi) is 4.37. The van der Waals surface area contributed by atoms with Crippen molar-refractivity contribution >= 4 is 5.91 Å². The topological polar surface area (TPSA) is 52.3 Å². The van der Waals surface area contributed by atoms with Gasteiger partial charge in [0, 0.05) is 50.6 Å². The summed E-state index contributed by atoms with van der Waals surface area (Å²) in [6, 6.07) is 3.78. The van der Waals surface area contributed by atoms with Crippen molar-refractivity contribution in [2.45, 2.75) is 38.8 Å². The number of rotatable bonds is 6.